The molecular formula is C48H27N5. The van der Waals surface area contributed by atoms with Crippen LogP contribution in [0.2, 0.25) is 0 Å². The van der Waals surface area contributed by atoms with Crippen LogP contribution in [0.3, 0.4) is 0 Å². The normalized spacial score (nSPS) is 12.5. The maximum Gasteiger partial charge on any atom is 0.168 e. The molecule has 0 saturated carbocycles. The molecule has 0 saturated heterocycles. The quantitative estimate of drug-likeness (QED) is 0.183. The van der Waals surface area contributed by atoms with E-state index in [1.54, 1.807) is 0 Å². The minimum absolute atomic E-state index is 0.823. The summed E-state index contributed by atoms with van der Waals surface area (Å²) in [4.78, 5) is 0. The average molecular weight is 674 g/mol. The Morgan fingerprint density at radius 1 is 0.302 bits per heavy atom. The number of fused-ring (bicyclic) bond motifs is 16. The summed E-state index contributed by atoms with van der Waals surface area (Å²) in [5.74, 6) is 1.65. The molecule has 8 aromatic carbocycles. The molecule has 0 spiro atoms. The Balaban J connectivity index is 1.18. The molecule has 13 rings (SSSR count). The van der Waals surface area contributed by atoms with Gasteiger partial charge in [0.25, 0.3) is 0 Å². The van der Waals surface area contributed by atoms with Crippen molar-refractivity contribution in [1.82, 2.24) is 23.7 Å². The molecule has 0 radical (unpaired) electrons. The van der Waals surface area contributed by atoms with E-state index < -0.39 is 0 Å². The second kappa shape index (κ2) is 9.75. The molecule has 244 valence electrons. The fraction of sp³-hybridized carbons (Fsp3) is 0. The van der Waals surface area contributed by atoms with Crippen LogP contribution in [0.25, 0.3) is 115 Å². The van der Waals surface area contributed by atoms with Crippen LogP contribution in [-0.2, 0) is 0 Å². The van der Waals surface area contributed by atoms with E-state index in [-0.39, 0.29) is 0 Å². The third-order valence-corrected chi connectivity index (χ3v) is 11.6. The van der Waals surface area contributed by atoms with Crippen molar-refractivity contribution in [1.29, 1.82) is 0 Å². The van der Waals surface area contributed by atoms with E-state index >= 15 is 0 Å². The maximum atomic E-state index is 5.21. The zero-order valence-electron chi connectivity index (χ0n) is 28.3. The van der Waals surface area contributed by atoms with Crippen LogP contribution in [-0.4, -0.2) is 23.7 Å². The van der Waals surface area contributed by atoms with E-state index in [0.29, 0.717) is 0 Å². The smallest absolute Gasteiger partial charge is 0.168 e. The van der Waals surface area contributed by atoms with Gasteiger partial charge in [-0.05, 0) is 47.2 Å². The first kappa shape index (κ1) is 27.5. The van der Waals surface area contributed by atoms with Gasteiger partial charge in [-0.25, -0.2) is 0 Å². The average Bonchev–Trinajstić information content (AvgIpc) is 3.94. The monoisotopic (exact) mass is 673 g/mol. The summed E-state index contributed by atoms with van der Waals surface area (Å²) < 4.78 is 7.12. The van der Waals surface area contributed by atoms with Crippen LogP contribution in [0.15, 0.2) is 164 Å². The van der Waals surface area contributed by atoms with Crippen molar-refractivity contribution < 1.29 is 0 Å². The van der Waals surface area contributed by atoms with Gasteiger partial charge in [-0.2, -0.15) is 0 Å². The Kier molecular flexibility index (Phi) is 5.06. The lowest BCUT2D eigenvalue weighted by molar-refractivity contribution is 0.930. The highest BCUT2D eigenvalue weighted by Gasteiger charge is 2.26. The minimum atomic E-state index is 0.823. The Bertz CT molecular complexity index is 3690. The summed E-state index contributed by atoms with van der Waals surface area (Å²) >= 11 is 0. The topological polar surface area (TPSA) is 40.0 Å². The van der Waals surface area contributed by atoms with E-state index in [1.165, 1.54) is 70.4 Å². The van der Waals surface area contributed by atoms with Gasteiger partial charge in [0.2, 0.25) is 0 Å². The predicted octanol–water partition coefficient (Wildman–Crippen LogP) is 12.1. The second-order valence-corrected chi connectivity index (χ2v) is 14.2. The van der Waals surface area contributed by atoms with Crippen LogP contribution in [0, 0.1) is 0 Å². The lowest BCUT2D eigenvalue weighted by atomic mass is 10.0. The van der Waals surface area contributed by atoms with E-state index in [2.05, 4.69) is 177 Å². The van der Waals surface area contributed by atoms with Crippen molar-refractivity contribution in [2.75, 3.05) is 0 Å². The molecule has 0 aliphatic carbocycles. The van der Waals surface area contributed by atoms with Crippen molar-refractivity contribution in [3.05, 3.63) is 164 Å². The van der Waals surface area contributed by atoms with Gasteiger partial charge in [0.05, 0.1) is 38.6 Å². The van der Waals surface area contributed by atoms with E-state index in [9.17, 15) is 0 Å². The van der Waals surface area contributed by atoms with Gasteiger partial charge >= 0.3 is 0 Å². The molecule has 0 bridgehead atoms. The molecule has 0 aliphatic rings. The number of hydrogen-bond donors (Lipinski definition) is 0. The summed E-state index contributed by atoms with van der Waals surface area (Å²) in [6, 6.07) is 59.2. The molecule has 0 atom stereocenters. The Labute approximate surface area is 301 Å². The molecule has 0 amide bonds. The fourth-order valence-corrected chi connectivity index (χ4v) is 9.57. The van der Waals surface area contributed by atoms with Crippen molar-refractivity contribution in [2.24, 2.45) is 0 Å². The number of benzene rings is 8. The van der Waals surface area contributed by atoms with Crippen LogP contribution >= 0.6 is 0 Å². The highest BCUT2D eigenvalue weighted by atomic mass is 15.3. The molecule has 53 heavy (non-hydrogen) atoms. The van der Waals surface area contributed by atoms with Crippen LogP contribution in [0.4, 0.5) is 0 Å². The third kappa shape index (κ3) is 3.33. The fourth-order valence-electron chi connectivity index (χ4n) is 9.57. The summed E-state index contributed by atoms with van der Waals surface area (Å²) in [7, 11) is 0. The van der Waals surface area contributed by atoms with Crippen molar-refractivity contribution in [2.45, 2.75) is 0 Å². The maximum absolute atomic E-state index is 5.21. The van der Waals surface area contributed by atoms with Gasteiger partial charge in [-0.3, -0.25) is 9.13 Å². The first-order valence-corrected chi connectivity index (χ1v) is 18.1. The van der Waals surface area contributed by atoms with Gasteiger partial charge in [-0.15, -0.1) is 10.2 Å². The summed E-state index contributed by atoms with van der Waals surface area (Å²) in [6.07, 6.45) is 0. The van der Waals surface area contributed by atoms with Crippen LogP contribution < -0.4 is 0 Å². The zero-order valence-corrected chi connectivity index (χ0v) is 28.3. The summed E-state index contributed by atoms with van der Waals surface area (Å²) in [5, 5.41) is 24.9. The number of hydrogen-bond acceptors (Lipinski definition) is 2. The molecule has 13 aromatic rings. The lowest BCUT2D eigenvalue weighted by Crippen LogP contribution is -2.06. The first-order chi connectivity index (χ1) is 26.3. The highest BCUT2D eigenvalue weighted by molar-refractivity contribution is 6.36. The van der Waals surface area contributed by atoms with E-state index in [1.807, 2.05) is 0 Å². The molecule has 0 N–H and O–H groups in total. The largest absolute Gasteiger partial charge is 0.308 e. The molecular weight excluding hydrogens is 647 g/mol. The van der Waals surface area contributed by atoms with E-state index in [0.717, 1.165) is 44.5 Å². The highest BCUT2D eigenvalue weighted by Crippen LogP contribution is 2.47. The van der Waals surface area contributed by atoms with Gasteiger partial charge in [-0.1, -0.05) is 127 Å². The van der Waals surface area contributed by atoms with Crippen molar-refractivity contribution in [3.63, 3.8) is 0 Å². The van der Waals surface area contributed by atoms with Gasteiger partial charge < -0.3 is 4.40 Å². The van der Waals surface area contributed by atoms with Gasteiger partial charge in [0.15, 0.2) is 11.6 Å². The first-order valence-electron chi connectivity index (χ1n) is 18.1. The van der Waals surface area contributed by atoms with Crippen LogP contribution in [0.1, 0.15) is 0 Å². The molecule has 0 unspecified atom stereocenters. The molecule has 5 aromatic heterocycles. The number of aromatic nitrogens is 5. The van der Waals surface area contributed by atoms with Crippen LogP contribution in [0.5, 0.6) is 0 Å². The molecule has 0 aliphatic heterocycles. The Hall–Kier alpha value is -7.24. The summed E-state index contributed by atoms with van der Waals surface area (Å²) in [6.45, 7) is 0. The molecule has 5 nitrogen and oxygen atoms in total. The predicted molar refractivity (Wildman–Crippen MR) is 220 cm³/mol. The molecule has 5 heteroatoms. The van der Waals surface area contributed by atoms with Gasteiger partial charge in [0.1, 0.15) is 0 Å². The molecule has 5 heterocycles. The second-order valence-electron chi connectivity index (χ2n) is 14.2. The van der Waals surface area contributed by atoms with Crippen molar-refractivity contribution >= 4 is 103 Å². The van der Waals surface area contributed by atoms with Crippen molar-refractivity contribution in [3.8, 4) is 11.6 Å². The number of rotatable bonds is 2. The lowest BCUT2D eigenvalue weighted by Gasteiger charge is -2.14. The van der Waals surface area contributed by atoms with Gasteiger partial charge in [0, 0.05) is 53.9 Å². The standard InChI is InChI=1S/C48H27N5/c1-2-14-29-28(13-1)25-26-41-43(29)33-18-6-11-23-39(33)52(41)47-31-16-3-4-17-32(31)48(50-49-47)53-40-24-12-7-19-34(40)44-42(53)27-36-30-15-5-9-21-37(30)51-38-22-10-8-20-35(38)45(44)46(36)51/h1-27H. The zero-order chi connectivity index (χ0) is 34.4. The Morgan fingerprint density at radius 2 is 0.774 bits per heavy atom. The summed E-state index contributed by atoms with van der Waals surface area (Å²) in [5.41, 5.74) is 8.20. The number of nitrogens with zero attached hydrogens (tertiary/aromatic N) is 5. The Morgan fingerprint density at radius 3 is 1.43 bits per heavy atom. The SMILES string of the molecule is c1ccc2c(c1)ccc1c2c2ccccc2n1-c1nnc(-n2c3ccccc3c3c4c5ccccc5n5c6ccccc6c(cc32)c45)c2ccccc12. The van der Waals surface area contributed by atoms with E-state index in [4.69, 9.17) is 10.2 Å². The molecule has 0 fully saturated rings. The third-order valence-electron chi connectivity index (χ3n) is 11.6. The minimum Gasteiger partial charge on any atom is -0.308 e. The number of para-hydroxylation sites is 4.